The molecular formula is C53H105N2O6P. The number of amides is 1. The number of hydrogen-bond acceptors (Lipinski definition) is 6. The van der Waals surface area contributed by atoms with Crippen molar-refractivity contribution in [2.75, 3.05) is 40.9 Å². The number of carbonyl (C=O) groups excluding carboxylic acids is 1. The SMILES string of the molecule is CCCCCCCCCCCCCCCCCCC/C=C/CC/C=C/C(O)C(COP(=O)([O-])OCC[N+](C)(C)C)NC(=O)CCCCCCCCCCCCCCCCCCC. The number of carbonyl (C=O) groups is 1. The summed E-state index contributed by atoms with van der Waals surface area (Å²) < 4.78 is 23.3. The topological polar surface area (TPSA) is 108 Å². The molecule has 0 bridgehead atoms. The van der Waals surface area contributed by atoms with Gasteiger partial charge in [0.05, 0.1) is 39.9 Å². The second-order valence-corrected chi connectivity index (χ2v) is 21.0. The van der Waals surface area contributed by atoms with Crippen LogP contribution in [0, 0.1) is 0 Å². The standard InChI is InChI=1S/C53H105N2O6P/c1-6-8-10-12-14-16-18-20-22-24-25-26-27-28-29-31-32-34-36-38-40-42-44-46-52(56)51(50-61-62(58,59)60-49-48-55(3,4)5)54-53(57)47-45-43-41-39-37-35-33-30-23-21-19-17-15-13-11-9-7-2/h36,38,44,46,51-52,56H,6-35,37,39-43,45,47-50H2,1-5H3,(H-,54,57,58,59)/b38-36+,46-44+. The lowest BCUT2D eigenvalue weighted by molar-refractivity contribution is -0.870. The van der Waals surface area contributed by atoms with Crippen molar-refractivity contribution in [1.29, 1.82) is 0 Å². The average Bonchev–Trinajstić information content (AvgIpc) is 3.23. The summed E-state index contributed by atoms with van der Waals surface area (Å²) in [5, 5.41) is 13.8. The zero-order valence-corrected chi connectivity index (χ0v) is 42.7. The Hall–Kier alpha value is -1.02. The third-order valence-electron chi connectivity index (χ3n) is 12.2. The van der Waals surface area contributed by atoms with E-state index >= 15 is 0 Å². The molecule has 0 aromatic rings. The zero-order valence-electron chi connectivity index (χ0n) is 41.8. The first kappa shape index (κ1) is 61.0. The zero-order chi connectivity index (χ0) is 45.7. The van der Waals surface area contributed by atoms with E-state index in [1.54, 1.807) is 6.08 Å². The Kier molecular flexibility index (Phi) is 44.4. The molecule has 0 fully saturated rings. The van der Waals surface area contributed by atoms with Crippen LogP contribution < -0.4 is 10.2 Å². The molecule has 9 heteroatoms. The van der Waals surface area contributed by atoms with Crippen LogP contribution in [-0.4, -0.2) is 68.5 Å². The first-order valence-corrected chi connectivity index (χ1v) is 28.2. The lowest BCUT2D eigenvalue weighted by atomic mass is 10.0. The predicted molar refractivity (Wildman–Crippen MR) is 265 cm³/mol. The second kappa shape index (κ2) is 45.1. The highest BCUT2D eigenvalue weighted by Crippen LogP contribution is 2.38. The van der Waals surface area contributed by atoms with Crippen molar-refractivity contribution in [2.24, 2.45) is 0 Å². The summed E-state index contributed by atoms with van der Waals surface area (Å²) in [7, 11) is 1.25. The quantitative estimate of drug-likeness (QED) is 0.0273. The van der Waals surface area contributed by atoms with Gasteiger partial charge in [-0.25, -0.2) is 0 Å². The molecule has 0 aliphatic heterocycles. The molecule has 0 radical (unpaired) electrons. The number of rotatable bonds is 49. The molecule has 3 atom stereocenters. The average molecular weight is 897 g/mol. The van der Waals surface area contributed by atoms with Gasteiger partial charge in [0, 0.05) is 6.42 Å². The normalized spacial score (nSPS) is 14.2. The van der Waals surface area contributed by atoms with Crippen LogP contribution in [-0.2, 0) is 18.4 Å². The van der Waals surface area contributed by atoms with Crippen molar-refractivity contribution in [3.63, 3.8) is 0 Å². The molecule has 3 unspecified atom stereocenters. The van der Waals surface area contributed by atoms with E-state index in [9.17, 15) is 19.4 Å². The minimum absolute atomic E-state index is 0.00387. The van der Waals surface area contributed by atoms with Gasteiger partial charge in [-0.05, 0) is 32.1 Å². The van der Waals surface area contributed by atoms with Crippen LogP contribution in [0.3, 0.4) is 0 Å². The van der Waals surface area contributed by atoms with E-state index in [4.69, 9.17) is 9.05 Å². The Balaban J connectivity index is 4.30. The fourth-order valence-electron chi connectivity index (χ4n) is 7.94. The number of likely N-dealkylation sites (N-methyl/N-ethyl adjacent to an activating group) is 1. The molecule has 0 saturated heterocycles. The number of unbranched alkanes of at least 4 members (excludes halogenated alkanes) is 34. The molecule has 0 aromatic carbocycles. The van der Waals surface area contributed by atoms with Crippen LogP contribution in [0.25, 0.3) is 0 Å². The largest absolute Gasteiger partial charge is 0.756 e. The van der Waals surface area contributed by atoms with Crippen molar-refractivity contribution in [3.05, 3.63) is 24.3 Å². The maximum Gasteiger partial charge on any atom is 0.268 e. The Morgan fingerprint density at radius 1 is 0.548 bits per heavy atom. The Labute approximate surface area is 385 Å². The first-order valence-electron chi connectivity index (χ1n) is 26.7. The number of phosphoric ester groups is 1. The van der Waals surface area contributed by atoms with Crippen molar-refractivity contribution in [3.8, 4) is 0 Å². The molecule has 368 valence electrons. The number of aliphatic hydroxyl groups is 1. The molecule has 0 spiro atoms. The number of hydrogen-bond donors (Lipinski definition) is 2. The molecule has 8 nitrogen and oxygen atoms in total. The van der Waals surface area contributed by atoms with Gasteiger partial charge in [0.2, 0.25) is 5.91 Å². The fourth-order valence-corrected chi connectivity index (χ4v) is 8.66. The van der Waals surface area contributed by atoms with E-state index < -0.39 is 20.0 Å². The maximum absolute atomic E-state index is 12.9. The fraction of sp³-hybridized carbons (Fsp3) is 0.906. The van der Waals surface area contributed by atoms with Gasteiger partial charge in [0.25, 0.3) is 7.82 Å². The van der Waals surface area contributed by atoms with E-state index in [1.807, 2.05) is 27.2 Å². The van der Waals surface area contributed by atoms with Crippen molar-refractivity contribution >= 4 is 13.7 Å². The van der Waals surface area contributed by atoms with Gasteiger partial charge in [-0.15, -0.1) is 0 Å². The number of phosphoric acid groups is 1. The Morgan fingerprint density at radius 3 is 1.31 bits per heavy atom. The highest BCUT2D eigenvalue weighted by molar-refractivity contribution is 7.45. The Bertz CT molecular complexity index is 1060. The lowest BCUT2D eigenvalue weighted by Gasteiger charge is -2.29. The molecule has 0 aromatic heterocycles. The number of quaternary nitrogens is 1. The smallest absolute Gasteiger partial charge is 0.268 e. The van der Waals surface area contributed by atoms with Gasteiger partial charge in [0.1, 0.15) is 13.2 Å². The molecule has 2 N–H and O–H groups in total. The van der Waals surface area contributed by atoms with E-state index in [0.717, 1.165) is 38.5 Å². The lowest BCUT2D eigenvalue weighted by Crippen LogP contribution is -2.45. The van der Waals surface area contributed by atoms with E-state index in [2.05, 4.69) is 31.3 Å². The second-order valence-electron chi connectivity index (χ2n) is 19.6. The van der Waals surface area contributed by atoms with Crippen molar-refractivity contribution in [2.45, 2.75) is 270 Å². The number of aliphatic hydroxyl groups excluding tert-OH is 1. The molecule has 0 aliphatic carbocycles. The van der Waals surface area contributed by atoms with Gasteiger partial charge in [0.15, 0.2) is 0 Å². The van der Waals surface area contributed by atoms with Gasteiger partial charge < -0.3 is 28.8 Å². The molecule has 62 heavy (non-hydrogen) atoms. The van der Waals surface area contributed by atoms with Gasteiger partial charge in [-0.1, -0.05) is 244 Å². The summed E-state index contributed by atoms with van der Waals surface area (Å²) in [4.78, 5) is 25.4. The van der Waals surface area contributed by atoms with Crippen LogP contribution in [0.4, 0.5) is 0 Å². The molecule has 1 amide bonds. The molecule has 0 saturated carbocycles. The molecule has 0 aliphatic rings. The number of allylic oxidation sites excluding steroid dienone is 3. The van der Waals surface area contributed by atoms with E-state index in [0.29, 0.717) is 17.4 Å². The Morgan fingerprint density at radius 2 is 0.903 bits per heavy atom. The van der Waals surface area contributed by atoms with E-state index in [1.165, 1.54) is 199 Å². The first-order chi connectivity index (χ1) is 30.0. The van der Waals surface area contributed by atoms with Crippen LogP contribution in [0.15, 0.2) is 24.3 Å². The molecular weight excluding hydrogens is 792 g/mol. The van der Waals surface area contributed by atoms with Gasteiger partial charge >= 0.3 is 0 Å². The summed E-state index contributed by atoms with van der Waals surface area (Å²) >= 11 is 0. The van der Waals surface area contributed by atoms with Gasteiger partial charge in [-0.3, -0.25) is 9.36 Å². The van der Waals surface area contributed by atoms with Crippen LogP contribution in [0.1, 0.15) is 258 Å². The summed E-state index contributed by atoms with van der Waals surface area (Å²) in [5.41, 5.74) is 0. The van der Waals surface area contributed by atoms with Crippen LogP contribution >= 0.6 is 7.82 Å². The minimum atomic E-state index is -4.60. The highest BCUT2D eigenvalue weighted by atomic mass is 31.2. The van der Waals surface area contributed by atoms with Crippen molar-refractivity contribution < 1.29 is 32.9 Å². The van der Waals surface area contributed by atoms with Crippen LogP contribution in [0.5, 0.6) is 0 Å². The number of nitrogens with zero attached hydrogens (tertiary/aromatic N) is 1. The predicted octanol–water partition coefficient (Wildman–Crippen LogP) is 15.0. The summed E-state index contributed by atoms with van der Waals surface area (Å²) in [6.45, 7) is 4.66. The maximum atomic E-state index is 12.9. The third kappa shape index (κ3) is 47.0. The molecule has 0 heterocycles. The number of nitrogens with one attached hydrogen (secondary N) is 1. The van der Waals surface area contributed by atoms with Crippen molar-refractivity contribution in [1.82, 2.24) is 5.32 Å². The van der Waals surface area contributed by atoms with E-state index in [-0.39, 0.29) is 19.1 Å². The van der Waals surface area contributed by atoms with Gasteiger partial charge in [-0.2, -0.15) is 0 Å². The summed E-state index contributed by atoms with van der Waals surface area (Å²) in [5.74, 6) is -0.203. The minimum Gasteiger partial charge on any atom is -0.756 e. The third-order valence-corrected chi connectivity index (χ3v) is 13.1. The molecule has 0 rings (SSSR count). The monoisotopic (exact) mass is 897 g/mol. The highest BCUT2D eigenvalue weighted by Gasteiger charge is 2.23. The van der Waals surface area contributed by atoms with Crippen LogP contribution in [0.2, 0.25) is 0 Å². The summed E-state index contributed by atoms with van der Waals surface area (Å²) in [6, 6.07) is -0.899. The summed E-state index contributed by atoms with van der Waals surface area (Å²) in [6.07, 6.45) is 55.3.